The van der Waals surface area contributed by atoms with E-state index in [1.165, 1.54) is 6.07 Å². The summed E-state index contributed by atoms with van der Waals surface area (Å²) in [5.74, 6) is 0.228. The number of hydrogen-bond acceptors (Lipinski definition) is 2. The minimum Gasteiger partial charge on any atom is -0.316 e. The van der Waals surface area contributed by atoms with Crippen LogP contribution in [0.2, 0.25) is 5.02 Å². The molecule has 1 saturated heterocycles. The molecule has 0 radical (unpaired) electrons. The van der Waals surface area contributed by atoms with Crippen LogP contribution in [-0.4, -0.2) is 31.6 Å². The molecule has 0 aromatic heterocycles. The monoisotopic (exact) mass is 298 g/mol. The molecule has 1 aromatic carbocycles. The Hall–Kier alpha value is -0.640. The zero-order valence-corrected chi connectivity index (χ0v) is 13.1. The fourth-order valence-electron chi connectivity index (χ4n) is 3.19. The van der Waals surface area contributed by atoms with E-state index in [0.29, 0.717) is 16.5 Å². The summed E-state index contributed by atoms with van der Waals surface area (Å²) >= 11 is 6.27. The van der Waals surface area contributed by atoms with Gasteiger partial charge in [0.1, 0.15) is 5.82 Å². The molecule has 0 aliphatic carbocycles. The molecule has 1 fully saturated rings. The maximum Gasteiger partial charge on any atom is 0.129 e. The molecule has 0 spiro atoms. The third kappa shape index (κ3) is 3.51. The van der Waals surface area contributed by atoms with Crippen LogP contribution in [-0.2, 0) is 0 Å². The highest BCUT2D eigenvalue weighted by Gasteiger charge is 2.33. The molecule has 2 atom stereocenters. The van der Waals surface area contributed by atoms with Gasteiger partial charge < -0.3 is 5.32 Å². The maximum atomic E-state index is 14.2. The molecule has 0 saturated carbocycles. The summed E-state index contributed by atoms with van der Waals surface area (Å²) in [5, 5.41) is 4.02. The molecule has 4 heteroatoms. The number of hydrogen-bond donors (Lipinski definition) is 1. The Labute approximate surface area is 126 Å². The van der Waals surface area contributed by atoms with Crippen molar-refractivity contribution in [2.24, 2.45) is 5.92 Å². The fourth-order valence-corrected chi connectivity index (χ4v) is 3.46. The number of halogens is 2. The van der Waals surface area contributed by atoms with Crippen molar-refractivity contribution < 1.29 is 4.39 Å². The molecule has 1 aliphatic heterocycles. The first-order valence-corrected chi connectivity index (χ1v) is 7.87. The summed E-state index contributed by atoms with van der Waals surface area (Å²) in [6.07, 6.45) is 3.40. The second kappa shape index (κ2) is 7.39. The Morgan fingerprint density at radius 1 is 1.45 bits per heavy atom. The van der Waals surface area contributed by atoms with E-state index in [1.54, 1.807) is 12.1 Å². The molecule has 1 heterocycles. The zero-order chi connectivity index (χ0) is 14.5. The van der Waals surface area contributed by atoms with Crippen LogP contribution < -0.4 is 5.32 Å². The summed E-state index contributed by atoms with van der Waals surface area (Å²) in [4.78, 5) is 2.24. The van der Waals surface area contributed by atoms with E-state index in [-0.39, 0.29) is 11.9 Å². The van der Waals surface area contributed by atoms with Crippen molar-refractivity contribution in [1.82, 2.24) is 10.2 Å². The number of likely N-dealkylation sites (tertiary alicyclic amines) is 1. The topological polar surface area (TPSA) is 15.3 Å². The highest BCUT2D eigenvalue weighted by atomic mass is 35.5. The van der Waals surface area contributed by atoms with Crippen LogP contribution in [0, 0.1) is 11.7 Å². The zero-order valence-electron chi connectivity index (χ0n) is 12.3. The van der Waals surface area contributed by atoms with Gasteiger partial charge in [-0.25, -0.2) is 4.39 Å². The maximum absolute atomic E-state index is 14.2. The first-order chi connectivity index (χ1) is 9.65. The van der Waals surface area contributed by atoms with E-state index < -0.39 is 0 Å². The van der Waals surface area contributed by atoms with Gasteiger partial charge in [-0.1, -0.05) is 24.6 Å². The second-order valence-electron chi connectivity index (χ2n) is 5.67. The smallest absolute Gasteiger partial charge is 0.129 e. The predicted octanol–water partition coefficient (Wildman–Crippen LogP) is 3.86. The Morgan fingerprint density at radius 2 is 2.25 bits per heavy atom. The molecule has 0 amide bonds. The van der Waals surface area contributed by atoms with Crippen LogP contribution in [0.5, 0.6) is 0 Å². The molecule has 2 unspecified atom stereocenters. The van der Waals surface area contributed by atoms with Gasteiger partial charge in [-0.3, -0.25) is 4.90 Å². The van der Waals surface area contributed by atoms with Crippen molar-refractivity contribution in [3.05, 3.63) is 34.6 Å². The summed E-state index contributed by atoms with van der Waals surface area (Å²) in [7, 11) is 2.07. The quantitative estimate of drug-likeness (QED) is 0.830. The Morgan fingerprint density at radius 3 is 2.95 bits per heavy atom. The average Bonchev–Trinajstić information content (AvgIpc) is 2.41. The normalized spacial score (nSPS) is 24.0. The lowest BCUT2D eigenvalue weighted by Gasteiger charge is -2.40. The lowest BCUT2D eigenvalue weighted by molar-refractivity contribution is 0.116. The Kier molecular flexibility index (Phi) is 5.82. The van der Waals surface area contributed by atoms with Gasteiger partial charge in [-0.05, 0) is 64.0 Å². The fraction of sp³-hybridized carbons (Fsp3) is 0.625. The van der Waals surface area contributed by atoms with Gasteiger partial charge in [0.05, 0.1) is 0 Å². The van der Waals surface area contributed by atoms with Crippen LogP contribution >= 0.6 is 11.6 Å². The van der Waals surface area contributed by atoms with E-state index in [4.69, 9.17) is 11.6 Å². The van der Waals surface area contributed by atoms with E-state index in [1.807, 2.05) is 0 Å². The molecule has 1 aliphatic rings. The molecule has 2 rings (SSSR count). The number of benzene rings is 1. The van der Waals surface area contributed by atoms with Crippen molar-refractivity contribution in [1.29, 1.82) is 0 Å². The highest BCUT2D eigenvalue weighted by Crippen LogP contribution is 2.39. The van der Waals surface area contributed by atoms with Gasteiger partial charge in [0.2, 0.25) is 0 Å². The first-order valence-electron chi connectivity index (χ1n) is 7.50. The summed E-state index contributed by atoms with van der Waals surface area (Å²) in [6.45, 7) is 5.09. The Balaban J connectivity index is 2.23. The summed E-state index contributed by atoms with van der Waals surface area (Å²) < 4.78 is 14.2. The lowest BCUT2D eigenvalue weighted by Crippen LogP contribution is -2.41. The summed E-state index contributed by atoms with van der Waals surface area (Å²) in [5.41, 5.74) is 0.666. The van der Waals surface area contributed by atoms with E-state index in [0.717, 1.165) is 38.9 Å². The van der Waals surface area contributed by atoms with Gasteiger partial charge in [0, 0.05) is 16.6 Å². The standard InChI is InChI=1S/C16H24ClFN2/c1-3-9-19-11-12-6-5-10-20(2)16(12)15-13(17)7-4-8-14(15)18/h4,7-8,12,16,19H,3,5-6,9-11H2,1-2H3. The largest absolute Gasteiger partial charge is 0.316 e. The van der Waals surface area contributed by atoms with Crippen LogP contribution in [0.4, 0.5) is 4.39 Å². The number of nitrogens with one attached hydrogen (secondary N) is 1. The molecular weight excluding hydrogens is 275 g/mol. The van der Waals surface area contributed by atoms with Crippen molar-refractivity contribution in [3.63, 3.8) is 0 Å². The van der Waals surface area contributed by atoms with Gasteiger partial charge in [0.25, 0.3) is 0 Å². The van der Waals surface area contributed by atoms with Crippen molar-refractivity contribution in [2.75, 3.05) is 26.7 Å². The van der Waals surface area contributed by atoms with Crippen molar-refractivity contribution in [3.8, 4) is 0 Å². The predicted molar refractivity (Wildman–Crippen MR) is 82.7 cm³/mol. The van der Waals surface area contributed by atoms with Crippen LogP contribution in [0.1, 0.15) is 37.8 Å². The average molecular weight is 299 g/mol. The van der Waals surface area contributed by atoms with Crippen molar-refractivity contribution >= 4 is 11.6 Å². The van der Waals surface area contributed by atoms with Gasteiger partial charge >= 0.3 is 0 Å². The third-order valence-electron chi connectivity index (χ3n) is 4.14. The highest BCUT2D eigenvalue weighted by molar-refractivity contribution is 6.31. The lowest BCUT2D eigenvalue weighted by atomic mass is 9.84. The molecule has 0 bridgehead atoms. The minimum atomic E-state index is -0.184. The van der Waals surface area contributed by atoms with Crippen LogP contribution in [0.25, 0.3) is 0 Å². The molecule has 112 valence electrons. The molecular formula is C16H24ClFN2. The summed E-state index contributed by atoms with van der Waals surface area (Å²) in [6, 6.07) is 5.05. The van der Waals surface area contributed by atoms with Crippen LogP contribution in [0.3, 0.4) is 0 Å². The van der Waals surface area contributed by atoms with E-state index in [2.05, 4.69) is 24.2 Å². The molecule has 1 aromatic rings. The van der Waals surface area contributed by atoms with Gasteiger partial charge in [-0.2, -0.15) is 0 Å². The van der Waals surface area contributed by atoms with E-state index >= 15 is 0 Å². The van der Waals surface area contributed by atoms with Crippen LogP contribution in [0.15, 0.2) is 18.2 Å². The first kappa shape index (κ1) is 15.7. The number of nitrogens with zero attached hydrogens (tertiary/aromatic N) is 1. The third-order valence-corrected chi connectivity index (χ3v) is 4.47. The molecule has 1 N–H and O–H groups in total. The van der Waals surface area contributed by atoms with E-state index in [9.17, 15) is 4.39 Å². The number of rotatable bonds is 5. The second-order valence-corrected chi connectivity index (χ2v) is 6.07. The number of piperidine rings is 1. The van der Waals surface area contributed by atoms with Gasteiger partial charge in [-0.15, -0.1) is 0 Å². The molecule has 20 heavy (non-hydrogen) atoms. The Bertz CT molecular complexity index is 418. The SMILES string of the molecule is CCCNCC1CCCN(C)C1c1c(F)cccc1Cl. The minimum absolute atomic E-state index is 0.0711. The molecule has 2 nitrogen and oxygen atoms in total. The van der Waals surface area contributed by atoms with Crippen molar-refractivity contribution in [2.45, 2.75) is 32.2 Å². The van der Waals surface area contributed by atoms with Gasteiger partial charge in [0.15, 0.2) is 0 Å².